The van der Waals surface area contributed by atoms with Crippen molar-refractivity contribution in [2.24, 2.45) is 0 Å². The molecule has 0 aliphatic heterocycles. The lowest BCUT2D eigenvalue weighted by atomic mass is 10.0. The van der Waals surface area contributed by atoms with Crippen LogP contribution in [0.5, 0.6) is 5.75 Å². The van der Waals surface area contributed by atoms with Gasteiger partial charge in [0, 0.05) is 5.56 Å². The normalized spacial score (nSPS) is 10.1. The number of halogens is 1. The lowest BCUT2D eigenvalue weighted by molar-refractivity contribution is -0.255. The lowest BCUT2D eigenvalue weighted by Gasteiger charge is -2.09. The molecule has 92 valence electrons. The van der Waals surface area contributed by atoms with Gasteiger partial charge in [0.15, 0.2) is 0 Å². The Bertz CT molecular complexity index is 576. The fourth-order valence-corrected chi connectivity index (χ4v) is 1.69. The minimum absolute atomic E-state index is 0.0779. The summed E-state index contributed by atoms with van der Waals surface area (Å²) in [5.41, 5.74) is 1.33. The Morgan fingerprint density at radius 3 is 2.39 bits per heavy atom. The van der Waals surface area contributed by atoms with Crippen molar-refractivity contribution in [3.8, 4) is 16.9 Å². The number of aromatic carboxylic acids is 1. The number of hydrogen-bond donors (Lipinski definition) is 0. The first-order valence-corrected chi connectivity index (χ1v) is 5.27. The van der Waals surface area contributed by atoms with Crippen LogP contribution in [0.2, 0.25) is 0 Å². The Morgan fingerprint density at radius 2 is 1.83 bits per heavy atom. The van der Waals surface area contributed by atoms with E-state index in [0.29, 0.717) is 16.9 Å². The zero-order valence-electron chi connectivity index (χ0n) is 9.64. The third-order valence-corrected chi connectivity index (χ3v) is 2.59. The van der Waals surface area contributed by atoms with Crippen molar-refractivity contribution in [1.29, 1.82) is 0 Å². The topological polar surface area (TPSA) is 49.4 Å². The molecular formula is C14H10FO3-. The van der Waals surface area contributed by atoms with Gasteiger partial charge in [-0.25, -0.2) is 4.39 Å². The monoisotopic (exact) mass is 245 g/mol. The summed E-state index contributed by atoms with van der Waals surface area (Å²) in [6.07, 6.45) is 0. The minimum Gasteiger partial charge on any atom is -0.545 e. The van der Waals surface area contributed by atoms with Crippen molar-refractivity contribution < 1.29 is 19.0 Å². The first kappa shape index (κ1) is 12.1. The molecule has 2 aromatic carbocycles. The fourth-order valence-electron chi connectivity index (χ4n) is 1.69. The van der Waals surface area contributed by atoms with Crippen LogP contribution in [0, 0.1) is 5.82 Å². The van der Waals surface area contributed by atoms with Gasteiger partial charge in [0.2, 0.25) is 0 Å². The molecule has 0 unspecified atom stereocenters. The molecule has 0 aromatic heterocycles. The number of carboxylic acid groups (broad SMARTS) is 1. The number of methoxy groups -OCH3 is 1. The first-order chi connectivity index (χ1) is 8.61. The van der Waals surface area contributed by atoms with E-state index in [1.54, 1.807) is 12.1 Å². The SMILES string of the molecule is COc1ccc(F)cc1-c1ccc(C(=O)[O-])cc1. The van der Waals surface area contributed by atoms with E-state index in [2.05, 4.69) is 0 Å². The summed E-state index contributed by atoms with van der Waals surface area (Å²) in [5.74, 6) is -1.10. The maximum absolute atomic E-state index is 13.2. The van der Waals surface area contributed by atoms with Crippen LogP contribution < -0.4 is 9.84 Å². The molecule has 0 aliphatic rings. The largest absolute Gasteiger partial charge is 0.545 e. The van der Waals surface area contributed by atoms with Gasteiger partial charge in [-0.15, -0.1) is 0 Å². The Balaban J connectivity index is 2.48. The number of hydrogen-bond acceptors (Lipinski definition) is 3. The highest BCUT2D eigenvalue weighted by Crippen LogP contribution is 2.30. The van der Waals surface area contributed by atoms with Gasteiger partial charge in [-0.2, -0.15) is 0 Å². The van der Waals surface area contributed by atoms with Crippen LogP contribution in [0.15, 0.2) is 42.5 Å². The van der Waals surface area contributed by atoms with Gasteiger partial charge in [0.25, 0.3) is 0 Å². The molecule has 0 bridgehead atoms. The molecule has 0 atom stereocenters. The number of rotatable bonds is 3. The molecule has 4 heteroatoms. The number of carbonyl (C=O) groups is 1. The highest BCUT2D eigenvalue weighted by molar-refractivity contribution is 5.86. The van der Waals surface area contributed by atoms with Gasteiger partial charge in [-0.3, -0.25) is 0 Å². The van der Waals surface area contributed by atoms with Crippen LogP contribution >= 0.6 is 0 Å². The maximum Gasteiger partial charge on any atom is 0.126 e. The molecule has 18 heavy (non-hydrogen) atoms. The molecule has 0 heterocycles. The fraction of sp³-hybridized carbons (Fsp3) is 0.0714. The molecule has 3 nitrogen and oxygen atoms in total. The van der Waals surface area contributed by atoms with Gasteiger partial charge in [-0.05, 0) is 29.3 Å². The Hall–Kier alpha value is -2.36. The lowest BCUT2D eigenvalue weighted by Crippen LogP contribution is -2.21. The van der Waals surface area contributed by atoms with Crippen LogP contribution in [0.4, 0.5) is 4.39 Å². The smallest absolute Gasteiger partial charge is 0.126 e. The molecule has 0 N–H and O–H groups in total. The summed E-state index contributed by atoms with van der Waals surface area (Å²) >= 11 is 0. The van der Waals surface area contributed by atoms with Gasteiger partial charge >= 0.3 is 0 Å². The van der Waals surface area contributed by atoms with Crippen molar-refractivity contribution in [3.05, 3.63) is 53.8 Å². The Labute approximate surface area is 103 Å². The van der Waals surface area contributed by atoms with Gasteiger partial charge < -0.3 is 14.6 Å². The standard InChI is InChI=1S/C14H11FO3/c1-18-13-7-6-11(15)8-12(13)9-2-4-10(5-3-9)14(16)17/h2-8H,1H3,(H,16,17)/p-1. The zero-order valence-corrected chi connectivity index (χ0v) is 9.64. The van der Waals surface area contributed by atoms with E-state index in [1.165, 1.54) is 37.4 Å². The second kappa shape index (κ2) is 4.87. The highest BCUT2D eigenvalue weighted by atomic mass is 19.1. The Morgan fingerprint density at radius 1 is 1.17 bits per heavy atom. The summed E-state index contributed by atoms with van der Waals surface area (Å²) in [5, 5.41) is 10.6. The van der Waals surface area contributed by atoms with Crippen LogP contribution in [0.25, 0.3) is 11.1 Å². The predicted molar refractivity (Wildman–Crippen MR) is 62.7 cm³/mol. The van der Waals surface area contributed by atoms with Crippen LogP contribution in [0.1, 0.15) is 10.4 Å². The predicted octanol–water partition coefficient (Wildman–Crippen LogP) is 1.86. The minimum atomic E-state index is -1.24. The molecule has 0 amide bonds. The van der Waals surface area contributed by atoms with Gasteiger partial charge in [0.1, 0.15) is 11.6 Å². The quantitative estimate of drug-likeness (QED) is 0.829. The van der Waals surface area contributed by atoms with E-state index in [1.807, 2.05) is 0 Å². The van der Waals surface area contributed by atoms with Crippen molar-refractivity contribution in [3.63, 3.8) is 0 Å². The number of carboxylic acids is 1. The third-order valence-electron chi connectivity index (χ3n) is 2.59. The molecule has 0 fully saturated rings. The second-order valence-corrected chi connectivity index (χ2v) is 3.71. The van der Waals surface area contributed by atoms with Crippen molar-refractivity contribution in [2.45, 2.75) is 0 Å². The van der Waals surface area contributed by atoms with Crippen LogP contribution in [-0.4, -0.2) is 13.1 Å². The number of benzene rings is 2. The molecule has 0 radical (unpaired) electrons. The van der Waals surface area contributed by atoms with E-state index < -0.39 is 5.97 Å². The van der Waals surface area contributed by atoms with Crippen LogP contribution in [0.3, 0.4) is 0 Å². The highest BCUT2D eigenvalue weighted by Gasteiger charge is 2.07. The summed E-state index contributed by atoms with van der Waals surface area (Å²) in [6.45, 7) is 0. The number of carbonyl (C=O) groups excluding carboxylic acids is 1. The Kier molecular flexibility index (Phi) is 3.28. The third kappa shape index (κ3) is 2.32. The summed E-state index contributed by atoms with van der Waals surface area (Å²) < 4.78 is 18.4. The van der Waals surface area contributed by atoms with E-state index >= 15 is 0 Å². The van der Waals surface area contributed by atoms with Crippen molar-refractivity contribution >= 4 is 5.97 Å². The molecule has 0 aliphatic carbocycles. The molecule has 0 saturated heterocycles. The second-order valence-electron chi connectivity index (χ2n) is 3.71. The van der Waals surface area contributed by atoms with Crippen molar-refractivity contribution in [1.82, 2.24) is 0 Å². The summed E-state index contributed by atoms with van der Waals surface area (Å²) in [4.78, 5) is 10.6. The van der Waals surface area contributed by atoms with E-state index in [-0.39, 0.29) is 11.4 Å². The molecule has 2 rings (SSSR count). The number of ether oxygens (including phenoxy) is 1. The molecule has 2 aromatic rings. The first-order valence-electron chi connectivity index (χ1n) is 5.27. The molecule has 0 saturated carbocycles. The van der Waals surface area contributed by atoms with Crippen molar-refractivity contribution in [2.75, 3.05) is 7.11 Å². The summed E-state index contributed by atoms with van der Waals surface area (Å²) in [6, 6.07) is 10.2. The van der Waals surface area contributed by atoms with E-state index in [9.17, 15) is 14.3 Å². The maximum atomic E-state index is 13.2. The average molecular weight is 245 g/mol. The van der Waals surface area contributed by atoms with Crippen LogP contribution in [-0.2, 0) is 0 Å². The molecular weight excluding hydrogens is 235 g/mol. The average Bonchev–Trinajstić information content (AvgIpc) is 2.39. The van der Waals surface area contributed by atoms with E-state index in [0.717, 1.165) is 0 Å². The van der Waals surface area contributed by atoms with Gasteiger partial charge in [0.05, 0.1) is 13.1 Å². The molecule has 0 spiro atoms. The van der Waals surface area contributed by atoms with E-state index in [4.69, 9.17) is 4.74 Å². The van der Waals surface area contributed by atoms with Gasteiger partial charge in [-0.1, -0.05) is 24.3 Å². The summed E-state index contributed by atoms with van der Waals surface area (Å²) in [7, 11) is 1.49. The zero-order chi connectivity index (χ0) is 13.1.